The summed E-state index contributed by atoms with van der Waals surface area (Å²) in [6, 6.07) is 8.98. The lowest BCUT2D eigenvalue weighted by molar-refractivity contribution is -0.146. The number of halogens is 3. The molecule has 2 heterocycles. The first kappa shape index (κ1) is 18.1. The number of rotatable bonds is 4. The Morgan fingerprint density at radius 3 is 2.67 bits per heavy atom. The molecule has 1 atom stereocenters. The molecule has 1 amide bonds. The maximum Gasteiger partial charge on any atom is 0.433 e. The molecule has 0 bridgehead atoms. The number of carbonyl (C=O) groups excluding carboxylic acids is 1. The summed E-state index contributed by atoms with van der Waals surface area (Å²) in [5.41, 5.74) is 1.76. The zero-order valence-electron chi connectivity index (χ0n) is 15.2. The second-order valence-corrected chi connectivity index (χ2v) is 7.54. The van der Waals surface area contributed by atoms with Gasteiger partial charge in [0.05, 0.1) is 11.7 Å². The maximum absolute atomic E-state index is 13.4. The molecule has 4 rings (SSSR count). The van der Waals surface area contributed by atoms with Crippen LogP contribution in [0.25, 0.3) is 0 Å². The highest BCUT2D eigenvalue weighted by molar-refractivity contribution is 5.77. The number of aromatic nitrogens is 2. The number of amides is 1. The Morgan fingerprint density at radius 2 is 2.00 bits per heavy atom. The molecule has 1 aromatic heterocycles. The average Bonchev–Trinajstić information content (AvgIpc) is 3.17. The van der Waals surface area contributed by atoms with Gasteiger partial charge in [-0.15, -0.1) is 0 Å². The topological polar surface area (TPSA) is 38.1 Å². The van der Waals surface area contributed by atoms with Gasteiger partial charge in [0.1, 0.15) is 12.2 Å². The number of alkyl halides is 3. The molecule has 0 radical (unpaired) electrons. The fourth-order valence-corrected chi connectivity index (χ4v) is 3.87. The van der Waals surface area contributed by atoms with Crippen molar-refractivity contribution >= 4 is 5.91 Å². The average molecular weight is 377 g/mol. The van der Waals surface area contributed by atoms with Crippen molar-refractivity contribution in [2.45, 2.75) is 57.3 Å². The van der Waals surface area contributed by atoms with Crippen LogP contribution in [0.2, 0.25) is 0 Å². The quantitative estimate of drug-likeness (QED) is 0.789. The van der Waals surface area contributed by atoms with Crippen molar-refractivity contribution in [2.24, 2.45) is 0 Å². The normalized spacial score (nSPS) is 20.3. The third-order valence-electron chi connectivity index (χ3n) is 5.37. The van der Waals surface area contributed by atoms with Crippen LogP contribution in [-0.2, 0) is 17.5 Å². The largest absolute Gasteiger partial charge is 0.433 e. The SMILES string of the molecule is Cc1cccc([C@H]2CCCN2C(=O)Cn2nc(C3CC3)cc2C(F)(F)F)c1. The molecular formula is C20H22F3N3O. The van der Waals surface area contributed by atoms with Crippen molar-refractivity contribution < 1.29 is 18.0 Å². The lowest BCUT2D eigenvalue weighted by atomic mass is 10.0. The summed E-state index contributed by atoms with van der Waals surface area (Å²) in [6.45, 7) is 2.18. The Balaban J connectivity index is 1.56. The number of benzene rings is 1. The predicted molar refractivity (Wildman–Crippen MR) is 94.1 cm³/mol. The van der Waals surface area contributed by atoms with E-state index >= 15 is 0 Å². The lowest BCUT2D eigenvalue weighted by Gasteiger charge is -2.26. The van der Waals surface area contributed by atoms with E-state index in [4.69, 9.17) is 0 Å². The van der Waals surface area contributed by atoms with E-state index in [1.807, 2.05) is 31.2 Å². The molecule has 0 N–H and O–H groups in total. The number of nitrogens with zero attached hydrogens (tertiary/aromatic N) is 3. The van der Waals surface area contributed by atoms with Crippen LogP contribution in [0.15, 0.2) is 30.3 Å². The molecule has 2 aromatic rings. The fourth-order valence-electron chi connectivity index (χ4n) is 3.87. The molecule has 144 valence electrons. The van der Waals surface area contributed by atoms with Crippen LogP contribution in [0.1, 0.15) is 60.2 Å². The van der Waals surface area contributed by atoms with E-state index in [-0.39, 0.29) is 24.4 Å². The number of likely N-dealkylation sites (tertiary alicyclic amines) is 1. The summed E-state index contributed by atoms with van der Waals surface area (Å²) < 4.78 is 41.0. The van der Waals surface area contributed by atoms with Gasteiger partial charge in [-0.3, -0.25) is 9.48 Å². The summed E-state index contributed by atoms with van der Waals surface area (Å²) in [5, 5.41) is 4.11. The second-order valence-electron chi connectivity index (χ2n) is 7.54. The van der Waals surface area contributed by atoms with Crippen LogP contribution in [0.3, 0.4) is 0 Å². The van der Waals surface area contributed by atoms with Gasteiger partial charge in [0, 0.05) is 12.5 Å². The summed E-state index contributed by atoms with van der Waals surface area (Å²) in [5.74, 6) is -0.204. The van der Waals surface area contributed by atoms with Crippen LogP contribution in [0.4, 0.5) is 13.2 Å². The molecule has 1 saturated heterocycles. The highest BCUT2D eigenvalue weighted by atomic mass is 19.4. The van der Waals surface area contributed by atoms with Crippen molar-refractivity contribution in [3.05, 3.63) is 52.8 Å². The van der Waals surface area contributed by atoms with Crippen LogP contribution in [0, 0.1) is 6.92 Å². The lowest BCUT2D eigenvalue weighted by Crippen LogP contribution is -2.34. The Morgan fingerprint density at radius 1 is 1.22 bits per heavy atom. The molecule has 2 fully saturated rings. The third kappa shape index (κ3) is 3.73. The zero-order chi connectivity index (χ0) is 19.2. The monoisotopic (exact) mass is 377 g/mol. The van der Waals surface area contributed by atoms with Crippen LogP contribution in [-0.4, -0.2) is 27.1 Å². The number of hydrogen-bond acceptors (Lipinski definition) is 2. The fraction of sp³-hybridized carbons (Fsp3) is 0.500. The summed E-state index contributed by atoms with van der Waals surface area (Å²) >= 11 is 0. The minimum atomic E-state index is -4.51. The maximum atomic E-state index is 13.4. The van der Waals surface area contributed by atoms with E-state index in [9.17, 15) is 18.0 Å². The van der Waals surface area contributed by atoms with Gasteiger partial charge in [-0.05, 0) is 44.2 Å². The molecule has 1 aromatic carbocycles. The molecule has 1 aliphatic carbocycles. The van der Waals surface area contributed by atoms with Crippen LogP contribution >= 0.6 is 0 Å². The minimum Gasteiger partial charge on any atom is -0.334 e. The minimum absolute atomic E-state index is 0.0785. The van der Waals surface area contributed by atoms with Gasteiger partial charge >= 0.3 is 6.18 Å². The van der Waals surface area contributed by atoms with E-state index < -0.39 is 11.9 Å². The Bertz CT molecular complexity index is 854. The van der Waals surface area contributed by atoms with Crippen LogP contribution in [0.5, 0.6) is 0 Å². The van der Waals surface area contributed by atoms with Crippen molar-refractivity contribution in [3.63, 3.8) is 0 Å². The van der Waals surface area contributed by atoms with Crippen molar-refractivity contribution in [1.82, 2.24) is 14.7 Å². The Labute approximate surface area is 156 Å². The molecule has 1 aliphatic heterocycles. The Hall–Kier alpha value is -2.31. The van der Waals surface area contributed by atoms with Gasteiger partial charge < -0.3 is 4.90 Å². The Kier molecular flexibility index (Phi) is 4.48. The highest BCUT2D eigenvalue weighted by Gasteiger charge is 2.39. The highest BCUT2D eigenvalue weighted by Crippen LogP contribution is 2.41. The van der Waals surface area contributed by atoms with Gasteiger partial charge in [-0.1, -0.05) is 29.8 Å². The van der Waals surface area contributed by atoms with E-state index in [2.05, 4.69) is 5.10 Å². The van der Waals surface area contributed by atoms with E-state index in [0.717, 1.165) is 47.6 Å². The molecule has 4 nitrogen and oxygen atoms in total. The van der Waals surface area contributed by atoms with Gasteiger partial charge in [-0.25, -0.2) is 0 Å². The number of aryl methyl sites for hydroxylation is 1. The first-order chi connectivity index (χ1) is 12.8. The second kappa shape index (κ2) is 6.69. The van der Waals surface area contributed by atoms with E-state index in [1.165, 1.54) is 0 Å². The van der Waals surface area contributed by atoms with Crippen molar-refractivity contribution in [2.75, 3.05) is 6.54 Å². The molecule has 1 saturated carbocycles. The number of hydrogen-bond donors (Lipinski definition) is 0. The molecule has 0 unspecified atom stereocenters. The van der Waals surface area contributed by atoms with Gasteiger partial charge in [0.2, 0.25) is 5.91 Å². The van der Waals surface area contributed by atoms with Crippen molar-refractivity contribution in [1.29, 1.82) is 0 Å². The first-order valence-electron chi connectivity index (χ1n) is 9.34. The molecule has 7 heteroatoms. The van der Waals surface area contributed by atoms with Gasteiger partial charge in [0.15, 0.2) is 0 Å². The van der Waals surface area contributed by atoms with E-state index in [0.29, 0.717) is 12.2 Å². The predicted octanol–water partition coefficient (Wildman–Crippen LogP) is 4.45. The third-order valence-corrected chi connectivity index (χ3v) is 5.37. The number of carbonyl (C=O) groups is 1. The molecule has 0 spiro atoms. The van der Waals surface area contributed by atoms with Crippen molar-refractivity contribution in [3.8, 4) is 0 Å². The molecule has 2 aliphatic rings. The van der Waals surface area contributed by atoms with Gasteiger partial charge in [0.25, 0.3) is 0 Å². The van der Waals surface area contributed by atoms with E-state index in [1.54, 1.807) is 4.90 Å². The molecular weight excluding hydrogens is 355 g/mol. The summed E-state index contributed by atoms with van der Waals surface area (Å²) in [4.78, 5) is 14.6. The summed E-state index contributed by atoms with van der Waals surface area (Å²) in [6.07, 6.45) is -1.11. The first-order valence-corrected chi connectivity index (χ1v) is 9.34. The zero-order valence-corrected chi connectivity index (χ0v) is 15.2. The summed E-state index contributed by atoms with van der Waals surface area (Å²) in [7, 11) is 0. The standard InChI is InChI=1S/C20H22F3N3O/c1-13-4-2-5-15(10-13)17-6-3-9-25(17)19(27)12-26-18(20(21,22)23)11-16(24-26)14-7-8-14/h2,4-5,10-11,14,17H,3,6-9,12H2,1H3/t17-/m1/s1. The molecule has 27 heavy (non-hydrogen) atoms. The smallest absolute Gasteiger partial charge is 0.334 e. The van der Waals surface area contributed by atoms with Gasteiger partial charge in [-0.2, -0.15) is 18.3 Å². The van der Waals surface area contributed by atoms with Crippen LogP contribution < -0.4 is 0 Å².